The van der Waals surface area contributed by atoms with E-state index in [1.807, 2.05) is 0 Å². The van der Waals surface area contributed by atoms with Gasteiger partial charge in [0.25, 0.3) is 0 Å². The van der Waals surface area contributed by atoms with E-state index in [0.717, 1.165) is 0 Å². The van der Waals surface area contributed by atoms with E-state index in [1.54, 1.807) is 36.4 Å². The van der Waals surface area contributed by atoms with Gasteiger partial charge in [-0.3, -0.25) is 9.59 Å². The molecule has 0 saturated heterocycles. The van der Waals surface area contributed by atoms with E-state index in [4.69, 9.17) is 21.1 Å². The van der Waals surface area contributed by atoms with Crippen LogP contribution in [0.25, 0.3) is 0 Å². The Labute approximate surface area is 138 Å². The summed E-state index contributed by atoms with van der Waals surface area (Å²) >= 11 is 5.88. The number of anilines is 2. The predicted molar refractivity (Wildman–Crippen MR) is 88.3 cm³/mol. The number of methoxy groups -OCH3 is 2. The Bertz CT molecular complexity index is 734. The van der Waals surface area contributed by atoms with Crippen LogP contribution in [0.4, 0.5) is 11.4 Å². The Kier molecular flexibility index (Phi) is 5.43. The molecule has 0 fully saturated rings. The fraction of sp³-hybridized carbons (Fsp3) is 0.125. The monoisotopic (exact) mass is 334 g/mol. The lowest BCUT2D eigenvalue weighted by atomic mass is 10.2. The third kappa shape index (κ3) is 4.14. The summed E-state index contributed by atoms with van der Waals surface area (Å²) in [5.41, 5.74) is 0.702. The maximum atomic E-state index is 12.0. The Morgan fingerprint density at radius 3 is 2.09 bits per heavy atom. The highest BCUT2D eigenvalue weighted by Crippen LogP contribution is 2.28. The van der Waals surface area contributed by atoms with Crippen molar-refractivity contribution in [2.45, 2.75) is 0 Å². The van der Waals surface area contributed by atoms with E-state index < -0.39 is 11.8 Å². The predicted octanol–water partition coefficient (Wildman–Crippen LogP) is 2.93. The van der Waals surface area contributed by atoms with E-state index in [2.05, 4.69) is 10.6 Å². The minimum absolute atomic E-state index is 0.306. The first-order chi connectivity index (χ1) is 11.0. The van der Waals surface area contributed by atoms with Crippen molar-refractivity contribution >= 4 is 34.8 Å². The highest BCUT2D eigenvalue weighted by Gasteiger charge is 2.17. The molecule has 0 aliphatic heterocycles. The molecule has 2 amide bonds. The van der Waals surface area contributed by atoms with Gasteiger partial charge in [-0.05, 0) is 30.3 Å². The number of amides is 2. The maximum absolute atomic E-state index is 12.0. The van der Waals surface area contributed by atoms with E-state index in [0.29, 0.717) is 27.9 Å². The van der Waals surface area contributed by atoms with Gasteiger partial charge in [0.05, 0.1) is 25.6 Å². The summed E-state index contributed by atoms with van der Waals surface area (Å²) in [5, 5.41) is 5.35. The number of nitrogens with one attached hydrogen (secondary N) is 2. The quantitative estimate of drug-likeness (QED) is 0.843. The summed E-state index contributed by atoms with van der Waals surface area (Å²) in [7, 11) is 2.93. The largest absolute Gasteiger partial charge is 0.495 e. The highest BCUT2D eigenvalue weighted by molar-refractivity contribution is 6.44. The van der Waals surface area contributed by atoms with Crippen LogP contribution in [0, 0.1) is 0 Å². The van der Waals surface area contributed by atoms with Crippen LogP contribution >= 0.6 is 11.6 Å². The Morgan fingerprint density at radius 2 is 1.43 bits per heavy atom. The molecule has 0 saturated carbocycles. The molecule has 6 nitrogen and oxygen atoms in total. The third-order valence-corrected chi connectivity index (χ3v) is 3.21. The first-order valence-electron chi connectivity index (χ1n) is 6.64. The van der Waals surface area contributed by atoms with Gasteiger partial charge in [-0.25, -0.2) is 0 Å². The lowest BCUT2D eigenvalue weighted by Gasteiger charge is -2.12. The molecule has 0 atom stereocenters. The van der Waals surface area contributed by atoms with Crippen LogP contribution in [0.5, 0.6) is 11.5 Å². The molecule has 2 N–H and O–H groups in total. The molecule has 2 aromatic carbocycles. The number of hydrogen-bond donors (Lipinski definition) is 2. The van der Waals surface area contributed by atoms with Crippen LogP contribution in [0.15, 0.2) is 42.5 Å². The SMILES string of the molecule is COc1ccccc1NC(=O)C(=O)Nc1cc(Cl)ccc1OC. The number of halogens is 1. The zero-order chi connectivity index (χ0) is 16.8. The zero-order valence-electron chi connectivity index (χ0n) is 12.6. The van der Waals surface area contributed by atoms with Gasteiger partial charge in [0.15, 0.2) is 0 Å². The van der Waals surface area contributed by atoms with E-state index in [1.165, 1.54) is 20.3 Å². The Morgan fingerprint density at radius 1 is 0.870 bits per heavy atom. The molecule has 0 aliphatic rings. The fourth-order valence-electron chi connectivity index (χ4n) is 1.88. The van der Waals surface area contributed by atoms with Gasteiger partial charge < -0.3 is 20.1 Å². The second-order valence-corrected chi connectivity index (χ2v) is 4.89. The molecule has 0 aliphatic carbocycles. The van der Waals surface area contributed by atoms with Crippen molar-refractivity contribution in [1.82, 2.24) is 0 Å². The average molecular weight is 335 g/mol. The Balaban J connectivity index is 2.12. The molecule has 2 rings (SSSR count). The van der Waals surface area contributed by atoms with Gasteiger partial charge in [0.1, 0.15) is 11.5 Å². The van der Waals surface area contributed by atoms with Crippen LogP contribution in [-0.4, -0.2) is 26.0 Å². The summed E-state index contributed by atoms with van der Waals surface area (Å²) in [6, 6.07) is 11.5. The lowest BCUT2D eigenvalue weighted by Crippen LogP contribution is -2.29. The molecule has 0 bridgehead atoms. The number of ether oxygens (including phenoxy) is 2. The molecule has 0 heterocycles. The fourth-order valence-corrected chi connectivity index (χ4v) is 2.06. The van der Waals surface area contributed by atoms with Crippen LogP contribution in [0.1, 0.15) is 0 Å². The first kappa shape index (κ1) is 16.6. The lowest BCUT2D eigenvalue weighted by molar-refractivity contribution is -0.133. The summed E-state index contributed by atoms with van der Waals surface area (Å²) in [6.07, 6.45) is 0. The number of carbonyl (C=O) groups is 2. The smallest absolute Gasteiger partial charge is 0.314 e. The molecule has 0 radical (unpaired) electrons. The molecule has 0 unspecified atom stereocenters. The Hall–Kier alpha value is -2.73. The second kappa shape index (κ2) is 7.51. The molecular formula is C16H15ClN2O4. The standard InChI is InChI=1S/C16H15ClN2O4/c1-22-13-6-4-3-5-11(13)18-15(20)16(21)19-12-9-10(17)7-8-14(12)23-2/h3-9H,1-2H3,(H,18,20)(H,19,21). The van der Waals surface area contributed by atoms with Crippen molar-refractivity contribution < 1.29 is 19.1 Å². The highest BCUT2D eigenvalue weighted by atomic mass is 35.5. The number of para-hydroxylation sites is 2. The van der Waals surface area contributed by atoms with Gasteiger partial charge in [-0.1, -0.05) is 23.7 Å². The summed E-state index contributed by atoms with van der Waals surface area (Å²) in [6.45, 7) is 0. The summed E-state index contributed by atoms with van der Waals surface area (Å²) < 4.78 is 10.2. The average Bonchev–Trinajstić information content (AvgIpc) is 2.55. The van der Waals surface area contributed by atoms with Crippen molar-refractivity contribution in [2.24, 2.45) is 0 Å². The zero-order valence-corrected chi connectivity index (χ0v) is 13.3. The van der Waals surface area contributed by atoms with E-state index >= 15 is 0 Å². The van der Waals surface area contributed by atoms with Crippen LogP contribution in [-0.2, 0) is 9.59 Å². The van der Waals surface area contributed by atoms with Crippen LogP contribution in [0.2, 0.25) is 5.02 Å². The maximum Gasteiger partial charge on any atom is 0.314 e. The van der Waals surface area contributed by atoms with E-state index in [-0.39, 0.29) is 0 Å². The number of hydrogen-bond acceptors (Lipinski definition) is 4. The minimum Gasteiger partial charge on any atom is -0.495 e. The van der Waals surface area contributed by atoms with Gasteiger partial charge in [-0.2, -0.15) is 0 Å². The van der Waals surface area contributed by atoms with Gasteiger partial charge >= 0.3 is 11.8 Å². The minimum atomic E-state index is -0.850. The topological polar surface area (TPSA) is 76.7 Å². The van der Waals surface area contributed by atoms with Crippen molar-refractivity contribution in [1.29, 1.82) is 0 Å². The van der Waals surface area contributed by atoms with Gasteiger partial charge in [0.2, 0.25) is 0 Å². The number of benzene rings is 2. The van der Waals surface area contributed by atoms with Crippen molar-refractivity contribution in [2.75, 3.05) is 24.9 Å². The molecule has 0 spiro atoms. The second-order valence-electron chi connectivity index (χ2n) is 4.45. The summed E-state index contributed by atoms with van der Waals surface area (Å²) in [4.78, 5) is 24.1. The van der Waals surface area contributed by atoms with Crippen molar-refractivity contribution in [3.63, 3.8) is 0 Å². The third-order valence-electron chi connectivity index (χ3n) is 2.97. The van der Waals surface area contributed by atoms with Gasteiger partial charge in [-0.15, -0.1) is 0 Å². The van der Waals surface area contributed by atoms with Crippen molar-refractivity contribution in [3.05, 3.63) is 47.5 Å². The van der Waals surface area contributed by atoms with Crippen LogP contribution < -0.4 is 20.1 Å². The number of carbonyl (C=O) groups excluding carboxylic acids is 2. The van der Waals surface area contributed by atoms with Crippen molar-refractivity contribution in [3.8, 4) is 11.5 Å². The summed E-state index contributed by atoms with van der Waals surface area (Å²) in [5.74, 6) is -0.838. The molecule has 23 heavy (non-hydrogen) atoms. The molecule has 120 valence electrons. The molecule has 7 heteroatoms. The normalized spacial score (nSPS) is 9.87. The van der Waals surface area contributed by atoms with Crippen LogP contribution in [0.3, 0.4) is 0 Å². The van der Waals surface area contributed by atoms with E-state index in [9.17, 15) is 9.59 Å². The first-order valence-corrected chi connectivity index (χ1v) is 7.02. The van der Waals surface area contributed by atoms with Gasteiger partial charge in [0, 0.05) is 5.02 Å². The molecule has 0 aromatic heterocycles. The number of rotatable bonds is 4. The molecular weight excluding hydrogens is 320 g/mol. The molecule has 2 aromatic rings.